The molecule has 22 heavy (non-hydrogen) atoms. The number of benzene rings is 2. The number of hydrogen-bond donors (Lipinski definition) is 2. The lowest BCUT2D eigenvalue weighted by Gasteiger charge is -2.09. The van der Waals surface area contributed by atoms with Gasteiger partial charge in [0.05, 0.1) is 11.3 Å². The van der Waals surface area contributed by atoms with E-state index in [1.54, 1.807) is 0 Å². The zero-order valence-electron chi connectivity index (χ0n) is 12.0. The van der Waals surface area contributed by atoms with Gasteiger partial charge in [0.2, 0.25) is 0 Å². The van der Waals surface area contributed by atoms with Gasteiger partial charge in [0, 0.05) is 6.54 Å². The molecule has 0 saturated carbocycles. The molecule has 2 N–H and O–H groups in total. The van der Waals surface area contributed by atoms with Crippen molar-refractivity contribution in [2.45, 2.75) is 12.8 Å². The Hall–Kier alpha value is -2.87. The fourth-order valence-electron chi connectivity index (χ4n) is 2.02. The molecule has 0 saturated heterocycles. The third-order valence-corrected chi connectivity index (χ3v) is 3.12. The van der Waals surface area contributed by atoms with Gasteiger partial charge >= 0.3 is 6.03 Å². The van der Waals surface area contributed by atoms with Gasteiger partial charge in [0.1, 0.15) is 11.9 Å². The predicted molar refractivity (Wildman–Crippen MR) is 82.9 cm³/mol. The minimum atomic E-state index is -0.509. The molecule has 4 nitrogen and oxygen atoms in total. The van der Waals surface area contributed by atoms with Crippen LogP contribution in [0, 0.1) is 17.1 Å². The summed E-state index contributed by atoms with van der Waals surface area (Å²) in [6, 6.07) is 15.1. The van der Waals surface area contributed by atoms with E-state index in [0.717, 1.165) is 18.9 Å². The largest absolute Gasteiger partial charge is 0.338 e. The predicted octanol–water partition coefficient (Wildman–Crippen LogP) is 3.45. The summed E-state index contributed by atoms with van der Waals surface area (Å²) in [4.78, 5) is 11.8. The van der Waals surface area contributed by atoms with Crippen molar-refractivity contribution in [2.75, 3.05) is 11.9 Å². The molecule has 0 unspecified atom stereocenters. The van der Waals surface area contributed by atoms with E-state index >= 15 is 0 Å². The molecule has 0 bridgehead atoms. The van der Waals surface area contributed by atoms with Gasteiger partial charge in [-0.2, -0.15) is 5.26 Å². The Labute approximate surface area is 128 Å². The van der Waals surface area contributed by atoms with Crippen LogP contribution in [0.25, 0.3) is 0 Å². The zero-order valence-corrected chi connectivity index (χ0v) is 12.0. The number of amides is 2. The fourth-order valence-corrected chi connectivity index (χ4v) is 2.02. The summed E-state index contributed by atoms with van der Waals surface area (Å²) in [5.41, 5.74) is 1.61. The Morgan fingerprint density at radius 3 is 2.68 bits per heavy atom. The normalized spacial score (nSPS) is 9.82. The molecule has 0 aliphatic rings. The van der Waals surface area contributed by atoms with Crippen LogP contribution in [-0.2, 0) is 6.42 Å². The van der Waals surface area contributed by atoms with Crippen molar-refractivity contribution in [3.63, 3.8) is 0 Å². The van der Waals surface area contributed by atoms with E-state index in [4.69, 9.17) is 5.26 Å². The van der Waals surface area contributed by atoms with Crippen LogP contribution in [0.5, 0.6) is 0 Å². The lowest BCUT2D eigenvalue weighted by molar-refractivity contribution is 0.252. The SMILES string of the molecule is N#Cc1cc(F)ccc1NC(=O)NCCCc1ccccc1. The topological polar surface area (TPSA) is 64.9 Å². The molecular weight excluding hydrogens is 281 g/mol. The molecular formula is C17H16FN3O. The monoisotopic (exact) mass is 297 g/mol. The third kappa shape index (κ3) is 4.60. The van der Waals surface area contributed by atoms with Gasteiger partial charge in [-0.05, 0) is 36.6 Å². The van der Waals surface area contributed by atoms with Crippen LogP contribution in [-0.4, -0.2) is 12.6 Å². The standard InChI is InChI=1S/C17H16FN3O/c18-15-8-9-16(14(11-15)12-19)21-17(22)20-10-4-7-13-5-2-1-3-6-13/h1-3,5-6,8-9,11H,4,7,10H2,(H2,20,21,22). The molecule has 2 aromatic carbocycles. The van der Waals surface area contributed by atoms with E-state index in [0.29, 0.717) is 12.2 Å². The minimum absolute atomic E-state index is 0.0967. The molecule has 2 amide bonds. The van der Waals surface area contributed by atoms with Gasteiger partial charge in [-0.1, -0.05) is 30.3 Å². The second kappa shape index (κ2) is 7.79. The molecule has 0 aromatic heterocycles. The molecule has 0 aliphatic carbocycles. The van der Waals surface area contributed by atoms with Crippen LogP contribution in [0.4, 0.5) is 14.9 Å². The first-order valence-electron chi connectivity index (χ1n) is 6.97. The van der Waals surface area contributed by atoms with E-state index in [-0.39, 0.29) is 5.56 Å². The summed E-state index contributed by atoms with van der Waals surface area (Å²) in [6.07, 6.45) is 1.69. The van der Waals surface area contributed by atoms with Crippen LogP contribution in [0.1, 0.15) is 17.5 Å². The number of halogens is 1. The van der Waals surface area contributed by atoms with Crippen molar-refractivity contribution < 1.29 is 9.18 Å². The highest BCUT2D eigenvalue weighted by Crippen LogP contribution is 2.15. The van der Waals surface area contributed by atoms with Crippen LogP contribution in [0.15, 0.2) is 48.5 Å². The second-order valence-corrected chi connectivity index (χ2v) is 4.77. The van der Waals surface area contributed by atoms with Crippen LogP contribution in [0.3, 0.4) is 0 Å². The molecule has 2 rings (SSSR count). The summed E-state index contributed by atoms with van der Waals surface area (Å²) >= 11 is 0. The molecule has 0 aliphatic heterocycles. The molecule has 112 valence electrons. The van der Waals surface area contributed by atoms with E-state index < -0.39 is 11.8 Å². The maximum absolute atomic E-state index is 13.0. The summed E-state index contributed by atoms with van der Waals surface area (Å²) in [5, 5.41) is 14.2. The Bertz CT molecular complexity index is 680. The smallest absolute Gasteiger partial charge is 0.319 e. The Kier molecular flexibility index (Phi) is 5.50. The molecule has 0 radical (unpaired) electrons. The minimum Gasteiger partial charge on any atom is -0.338 e. The van der Waals surface area contributed by atoms with Crippen molar-refractivity contribution >= 4 is 11.7 Å². The summed E-state index contributed by atoms with van der Waals surface area (Å²) < 4.78 is 13.0. The van der Waals surface area contributed by atoms with Crippen molar-refractivity contribution in [3.05, 3.63) is 65.5 Å². The number of urea groups is 1. The number of carbonyl (C=O) groups excluding carboxylic acids is 1. The maximum atomic E-state index is 13.0. The Balaban J connectivity index is 1.78. The van der Waals surface area contributed by atoms with E-state index in [1.165, 1.54) is 17.7 Å². The average molecular weight is 297 g/mol. The molecule has 0 fully saturated rings. The van der Waals surface area contributed by atoms with E-state index in [1.807, 2.05) is 36.4 Å². The quantitative estimate of drug-likeness (QED) is 0.830. The second-order valence-electron chi connectivity index (χ2n) is 4.77. The lowest BCUT2D eigenvalue weighted by Crippen LogP contribution is -2.30. The van der Waals surface area contributed by atoms with E-state index in [9.17, 15) is 9.18 Å². The molecule has 0 heterocycles. The molecule has 0 spiro atoms. The van der Waals surface area contributed by atoms with Gasteiger partial charge in [0.15, 0.2) is 0 Å². The Morgan fingerprint density at radius 1 is 1.18 bits per heavy atom. The van der Waals surface area contributed by atoms with Gasteiger partial charge in [0.25, 0.3) is 0 Å². The third-order valence-electron chi connectivity index (χ3n) is 3.12. The van der Waals surface area contributed by atoms with Crippen molar-refractivity contribution in [3.8, 4) is 6.07 Å². The number of rotatable bonds is 5. The first-order chi connectivity index (χ1) is 10.7. The summed E-state index contributed by atoms with van der Waals surface area (Å²) in [6.45, 7) is 0.518. The van der Waals surface area contributed by atoms with Gasteiger partial charge in [-0.25, -0.2) is 9.18 Å². The first kappa shape index (κ1) is 15.5. The van der Waals surface area contributed by atoms with Gasteiger partial charge < -0.3 is 10.6 Å². The number of nitriles is 1. The highest BCUT2D eigenvalue weighted by atomic mass is 19.1. The average Bonchev–Trinajstić information content (AvgIpc) is 2.54. The summed E-state index contributed by atoms with van der Waals surface area (Å²) in [7, 11) is 0. The first-order valence-corrected chi connectivity index (χ1v) is 6.97. The van der Waals surface area contributed by atoms with Crippen LogP contribution >= 0.6 is 0 Å². The van der Waals surface area contributed by atoms with Crippen LogP contribution < -0.4 is 10.6 Å². The lowest BCUT2D eigenvalue weighted by atomic mass is 10.1. The number of anilines is 1. The highest BCUT2D eigenvalue weighted by molar-refractivity contribution is 5.90. The summed E-state index contributed by atoms with van der Waals surface area (Å²) in [5.74, 6) is -0.509. The van der Waals surface area contributed by atoms with Crippen molar-refractivity contribution in [2.24, 2.45) is 0 Å². The zero-order chi connectivity index (χ0) is 15.8. The number of carbonyl (C=O) groups is 1. The molecule has 0 atom stereocenters. The Morgan fingerprint density at radius 2 is 1.95 bits per heavy atom. The number of nitrogens with zero attached hydrogens (tertiary/aromatic N) is 1. The number of aryl methyl sites for hydroxylation is 1. The highest BCUT2D eigenvalue weighted by Gasteiger charge is 2.07. The molecule has 2 aromatic rings. The maximum Gasteiger partial charge on any atom is 0.319 e. The van der Waals surface area contributed by atoms with Gasteiger partial charge in [-0.15, -0.1) is 0 Å². The van der Waals surface area contributed by atoms with Gasteiger partial charge in [-0.3, -0.25) is 0 Å². The van der Waals surface area contributed by atoms with Crippen molar-refractivity contribution in [1.29, 1.82) is 5.26 Å². The van der Waals surface area contributed by atoms with E-state index in [2.05, 4.69) is 10.6 Å². The van der Waals surface area contributed by atoms with Crippen molar-refractivity contribution in [1.82, 2.24) is 5.32 Å². The number of nitrogens with one attached hydrogen (secondary N) is 2. The van der Waals surface area contributed by atoms with Crippen LogP contribution in [0.2, 0.25) is 0 Å². The number of hydrogen-bond acceptors (Lipinski definition) is 2. The fraction of sp³-hybridized carbons (Fsp3) is 0.176. The molecule has 5 heteroatoms.